The number of aliphatic hydroxyl groups excluding tert-OH is 1. The second kappa shape index (κ2) is 13.7. The summed E-state index contributed by atoms with van der Waals surface area (Å²) in [5.74, 6) is -2.51. The van der Waals surface area contributed by atoms with Crippen molar-refractivity contribution in [2.75, 3.05) is 13.2 Å². The molecule has 2 aromatic rings. The Morgan fingerprint density at radius 1 is 1.06 bits per heavy atom. The molecule has 32 heavy (non-hydrogen) atoms. The normalized spacial score (nSPS) is 12.6. The number of carboxylic acids is 2. The molecular formula is C23H29N3O6. The molecule has 0 radical (unpaired) electrons. The molecule has 0 saturated carbocycles. The molecule has 0 saturated heterocycles. The number of nitrogens with one attached hydrogen (secondary N) is 1. The molecule has 0 spiro atoms. The molecule has 2 rings (SSSR count). The van der Waals surface area contributed by atoms with E-state index in [4.69, 9.17) is 15.1 Å². The number of hydrogen-bond donors (Lipinski definition) is 4. The van der Waals surface area contributed by atoms with E-state index in [0.717, 1.165) is 11.3 Å². The van der Waals surface area contributed by atoms with E-state index in [1.807, 2.05) is 69.3 Å². The summed E-state index contributed by atoms with van der Waals surface area (Å²) in [6, 6.07) is 15.4. The molecule has 4 N–H and O–H groups in total. The molecular weight excluding hydrogens is 414 g/mol. The Morgan fingerprint density at radius 3 is 2.16 bits per heavy atom. The van der Waals surface area contributed by atoms with Gasteiger partial charge in [0.25, 0.3) is 0 Å². The topological polar surface area (TPSA) is 141 Å². The van der Waals surface area contributed by atoms with Crippen LogP contribution in [0, 0.1) is 0 Å². The predicted molar refractivity (Wildman–Crippen MR) is 120 cm³/mol. The number of aromatic nitrogens is 1. The zero-order valence-corrected chi connectivity index (χ0v) is 18.3. The molecule has 1 heterocycles. The van der Waals surface area contributed by atoms with E-state index in [1.54, 1.807) is 6.20 Å². The van der Waals surface area contributed by atoms with E-state index in [0.29, 0.717) is 24.4 Å². The zero-order chi connectivity index (χ0) is 24.0. The molecule has 1 unspecified atom stereocenters. The minimum Gasteiger partial charge on any atom is -0.478 e. The van der Waals surface area contributed by atoms with Gasteiger partial charge in [0, 0.05) is 36.0 Å². The van der Waals surface area contributed by atoms with Gasteiger partial charge in [-0.1, -0.05) is 41.6 Å². The summed E-state index contributed by atoms with van der Waals surface area (Å²) in [6.45, 7) is 6.71. The van der Waals surface area contributed by atoms with Gasteiger partial charge in [-0.2, -0.15) is 0 Å². The Balaban J connectivity index is 0.000000547. The van der Waals surface area contributed by atoms with Crippen molar-refractivity contribution in [1.29, 1.82) is 0 Å². The molecule has 9 nitrogen and oxygen atoms in total. The van der Waals surface area contributed by atoms with Crippen LogP contribution in [-0.4, -0.2) is 62.7 Å². The number of rotatable bonds is 9. The van der Waals surface area contributed by atoms with Crippen LogP contribution in [0.15, 0.2) is 72.0 Å². The Bertz CT molecular complexity index is 835. The average molecular weight is 444 g/mol. The number of aliphatic carboxylic acids is 2. The average Bonchev–Trinajstić information content (AvgIpc) is 2.75. The third-order valence-corrected chi connectivity index (χ3v) is 3.61. The third kappa shape index (κ3) is 12.2. The predicted octanol–water partition coefficient (Wildman–Crippen LogP) is 2.31. The van der Waals surface area contributed by atoms with Crippen LogP contribution in [0.25, 0.3) is 0 Å². The maximum absolute atomic E-state index is 9.99. The van der Waals surface area contributed by atoms with Crippen LogP contribution in [0.5, 0.6) is 0 Å². The van der Waals surface area contributed by atoms with E-state index >= 15 is 0 Å². The van der Waals surface area contributed by atoms with Gasteiger partial charge in [0.05, 0.1) is 5.69 Å². The lowest BCUT2D eigenvalue weighted by Gasteiger charge is -2.22. The fourth-order valence-corrected chi connectivity index (χ4v) is 2.16. The first kappa shape index (κ1) is 26.5. The molecule has 0 aliphatic rings. The molecule has 1 atom stereocenters. The van der Waals surface area contributed by atoms with Crippen molar-refractivity contribution >= 4 is 17.7 Å². The SMILES string of the molecule is CC(C)(C)NCC(O)CO/N=C(\c1ccccc1)c1ccccn1.O=C(O)/C=C/C(=O)O. The summed E-state index contributed by atoms with van der Waals surface area (Å²) >= 11 is 0. The molecule has 0 bridgehead atoms. The van der Waals surface area contributed by atoms with Gasteiger partial charge < -0.3 is 25.5 Å². The zero-order valence-electron chi connectivity index (χ0n) is 18.3. The number of pyridine rings is 1. The minimum absolute atomic E-state index is 0.0482. The highest BCUT2D eigenvalue weighted by molar-refractivity contribution is 6.11. The quantitative estimate of drug-likeness (QED) is 0.263. The number of oxime groups is 1. The van der Waals surface area contributed by atoms with E-state index in [-0.39, 0.29) is 12.1 Å². The van der Waals surface area contributed by atoms with Crippen LogP contribution < -0.4 is 5.32 Å². The monoisotopic (exact) mass is 443 g/mol. The number of nitrogens with zero attached hydrogens (tertiary/aromatic N) is 2. The summed E-state index contributed by atoms with van der Waals surface area (Å²) in [5, 5.41) is 33.1. The Kier molecular flexibility index (Phi) is 11.3. The number of benzene rings is 1. The number of carbonyl (C=O) groups is 2. The highest BCUT2D eigenvalue weighted by Crippen LogP contribution is 2.09. The second-order valence-electron chi connectivity index (χ2n) is 7.61. The Hall–Kier alpha value is -3.56. The Labute approximate surface area is 187 Å². The van der Waals surface area contributed by atoms with Crippen molar-refractivity contribution < 1.29 is 29.7 Å². The molecule has 172 valence electrons. The lowest BCUT2D eigenvalue weighted by Crippen LogP contribution is -2.42. The number of aliphatic hydroxyl groups is 1. The first-order valence-corrected chi connectivity index (χ1v) is 9.82. The van der Waals surface area contributed by atoms with E-state index < -0.39 is 18.0 Å². The molecule has 0 fully saturated rings. The highest BCUT2D eigenvalue weighted by Gasteiger charge is 2.13. The number of hydrogen-bond acceptors (Lipinski definition) is 7. The lowest BCUT2D eigenvalue weighted by atomic mass is 10.1. The van der Waals surface area contributed by atoms with Crippen molar-refractivity contribution in [3.05, 3.63) is 78.1 Å². The maximum atomic E-state index is 9.99. The van der Waals surface area contributed by atoms with Gasteiger partial charge in [-0.05, 0) is 32.9 Å². The minimum atomic E-state index is -1.26. The van der Waals surface area contributed by atoms with Crippen molar-refractivity contribution in [3.63, 3.8) is 0 Å². The highest BCUT2D eigenvalue weighted by atomic mass is 16.6. The smallest absolute Gasteiger partial charge is 0.328 e. The van der Waals surface area contributed by atoms with E-state index in [9.17, 15) is 14.7 Å². The summed E-state index contributed by atoms with van der Waals surface area (Å²) in [6.07, 6.45) is 2.20. The molecule has 0 aliphatic heterocycles. The van der Waals surface area contributed by atoms with Crippen molar-refractivity contribution in [1.82, 2.24) is 10.3 Å². The summed E-state index contributed by atoms with van der Waals surface area (Å²) in [5.41, 5.74) is 2.24. The van der Waals surface area contributed by atoms with Gasteiger partial charge in [-0.15, -0.1) is 0 Å². The largest absolute Gasteiger partial charge is 0.478 e. The number of carboxylic acid groups (broad SMARTS) is 2. The van der Waals surface area contributed by atoms with Crippen LogP contribution in [-0.2, 0) is 14.4 Å². The van der Waals surface area contributed by atoms with Crippen LogP contribution in [0.3, 0.4) is 0 Å². The second-order valence-corrected chi connectivity index (χ2v) is 7.61. The van der Waals surface area contributed by atoms with Crippen LogP contribution in [0.4, 0.5) is 0 Å². The fraction of sp³-hybridized carbons (Fsp3) is 0.304. The fourth-order valence-electron chi connectivity index (χ4n) is 2.16. The first-order valence-electron chi connectivity index (χ1n) is 9.82. The molecule has 9 heteroatoms. The van der Waals surface area contributed by atoms with Crippen molar-refractivity contribution in [2.45, 2.75) is 32.4 Å². The Morgan fingerprint density at radius 2 is 1.66 bits per heavy atom. The number of β-amino-alcohol motifs (C(OH)–C–C–N with tert-alkyl or cyclic N) is 1. The van der Waals surface area contributed by atoms with Gasteiger partial charge in [0.2, 0.25) is 0 Å². The molecule has 0 amide bonds. The standard InChI is InChI=1S/C19H25N3O2.C4H4O4/c1-19(2,3)21-13-16(23)14-24-22-18(15-9-5-4-6-10-15)17-11-7-8-12-20-17;5-3(6)1-2-4(7)8/h4-12,16,21,23H,13-14H2,1-3H3;1-2H,(H,5,6)(H,7,8)/b22-18+;2-1+. The van der Waals surface area contributed by atoms with Crippen molar-refractivity contribution in [2.24, 2.45) is 5.16 Å². The van der Waals surface area contributed by atoms with Crippen molar-refractivity contribution in [3.8, 4) is 0 Å². The van der Waals surface area contributed by atoms with Gasteiger partial charge >= 0.3 is 11.9 Å². The van der Waals surface area contributed by atoms with Crippen LogP contribution in [0.1, 0.15) is 32.0 Å². The van der Waals surface area contributed by atoms with Crippen LogP contribution >= 0.6 is 0 Å². The van der Waals surface area contributed by atoms with Gasteiger partial charge in [-0.25, -0.2) is 9.59 Å². The van der Waals surface area contributed by atoms with E-state index in [1.165, 1.54) is 0 Å². The summed E-state index contributed by atoms with van der Waals surface area (Å²) in [7, 11) is 0. The third-order valence-electron chi connectivity index (χ3n) is 3.61. The van der Waals surface area contributed by atoms with Crippen LogP contribution in [0.2, 0.25) is 0 Å². The lowest BCUT2D eigenvalue weighted by molar-refractivity contribution is -0.134. The van der Waals surface area contributed by atoms with Gasteiger partial charge in [0.15, 0.2) is 0 Å². The first-order chi connectivity index (χ1) is 15.1. The molecule has 0 aliphatic carbocycles. The van der Waals surface area contributed by atoms with E-state index in [2.05, 4.69) is 15.5 Å². The van der Waals surface area contributed by atoms with Gasteiger partial charge in [-0.3, -0.25) is 4.98 Å². The summed E-state index contributed by atoms with van der Waals surface area (Å²) < 4.78 is 0. The molecule has 1 aromatic heterocycles. The summed E-state index contributed by atoms with van der Waals surface area (Å²) in [4.78, 5) is 28.8. The maximum Gasteiger partial charge on any atom is 0.328 e. The molecule has 1 aromatic carbocycles. The van der Waals surface area contributed by atoms with Gasteiger partial charge in [0.1, 0.15) is 18.4 Å².